The third kappa shape index (κ3) is 9.74. The van der Waals surface area contributed by atoms with Gasteiger partial charge in [0.25, 0.3) is 5.69 Å². The van der Waals surface area contributed by atoms with Crippen LogP contribution in [-0.2, 0) is 28.5 Å². The summed E-state index contributed by atoms with van der Waals surface area (Å²) in [7, 11) is 2.99. The van der Waals surface area contributed by atoms with Gasteiger partial charge < -0.3 is 38.3 Å². The maximum absolute atomic E-state index is 13.0. The van der Waals surface area contributed by atoms with Crippen molar-refractivity contribution in [3.8, 4) is 23.0 Å². The predicted molar refractivity (Wildman–Crippen MR) is 128 cm³/mol. The van der Waals surface area contributed by atoms with Crippen molar-refractivity contribution < 1.29 is 57.6 Å². The van der Waals surface area contributed by atoms with Gasteiger partial charge in [0.15, 0.2) is 19.4 Å². The second-order valence-electron chi connectivity index (χ2n) is 7.30. The van der Waals surface area contributed by atoms with E-state index in [2.05, 4.69) is 0 Å². The zero-order valence-corrected chi connectivity index (χ0v) is 20.7. The molecule has 0 fully saturated rings. The summed E-state index contributed by atoms with van der Waals surface area (Å²) >= 11 is 0. The van der Waals surface area contributed by atoms with Gasteiger partial charge in [-0.2, -0.15) is 0 Å². The first-order valence-corrected chi connectivity index (χ1v) is 11.1. The second kappa shape index (κ2) is 15.9. The Kier molecular flexibility index (Phi) is 12.6. The molecule has 38 heavy (non-hydrogen) atoms. The van der Waals surface area contributed by atoms with Crippen molar-refractivity contribution in [1.29, 1.82) is 0 Å². The van der Waals surface area contributed by atoms with Crippen LogP contribution in [0.25, 0.3) is 0 Å². The molecule has 1 N–H and O–H groups in total. The highest BCUT2D eigenvalue weighted by atomic mass is 16.7. The van der Waals surface area contributed by atoms with Crippen molar-refractivity contribution in [3.63, 3.8) is 0 Å². The summed E-state index contributed by atoms with van der Waals surface area (Å²) in [6.45, 7) is 0.491. The van der Waals surface area contributed by atoms with Crippen LogP contribution in [0.1, 0.15) is 16.8 Å². The smallest absolute Gasteiger partial charge is 0.372 e. The number of methoxy groups -OCH3 is 2. The molecule has 0 unspecified atom stereocenters. The van der Waals surface area contributed by atoms with Gasteiger partial charge in [-0.05, 0) is 12.1 Å². The Bertz CT molecular complexity index is 1100. The van der Waals surface area contributed by atoms with E-state index in [1.54, 1.807) is 0 Å². The van der Waals surface area contributed by atoms with Gasteiger partial charge in [-0.3, -0.25) is 19.7 Å². The number of nitro benzene ring substituents is 1. The highest BCUT2D eigenvalue weighted by molar-refractivity contribution is 6.37. The van der Waals surface area contributed by atoms with E-state index in [1.165, 1.54) is 50.6 Å². The monoisotopic (exact) mass is 537 g/mol. The third-order valence-corrected chi connectivity index (χ3v) is 4.62. The van der Waals surface area contributed by atoms with Gasteiger partial charge in [-0.25, -0.2) is 4.79 Å². The number of nitrogens with zero attached hydrogens (tertiary/aromatic N) is 1. The summed E-state index contributed by atoms with van der Waals surface area (Å²) in [5.41, 5.74) is -0.454. The Hall–Kier alpha value is -4.11. The summed E-state index contributed by atoms with van der Waals surface area (Å²) in [4.78, 5) is 46.2. The number of rotatable bonds is 19. The van der Waals surface area contributed by atoms with Crippen LogP contribution in [0.15, 0.2) is 36.4 Å². The largest absolute Gasteiger partial charge is 0.475 e. The number of Topliss-reactive ketones (excluding diaryl/α,β-unsaturated/α-hetero) is 2. The van der Waals surface area contributed by atoms with Crippen molar-refractivity contribution in [2.24, 2.45) is 0 Å². The summed E-state index contributed by atoms with van der Waals surface area (Å²) < 4.78 is 37.3. The first kappa shape index (κ1) is 30.1. The van der Waals surface area contributed by atoms with E-state index in [0.717, 1.165) is 0 Å². The van der Waals surface area contributed by atoms with E-state index >= 15 is 0 Å². The van der Waals surface area contributed by atoms with Crippen molar-refractivity contribution >= 4 is 23.2 Å². The number of ketones is 2. The molecule has 0 atom stereocenters. The number of carboxylic acids is 1. The quantitative estimate of drug-likeness (QED) is 0.0526. The van der Waals surface area contributed by atoms with E-state index in [1.807, 2.05) is 0 Å². The minimum atomic E-state index is -1.78. The zero-order chi connectivity index (χ0) is 27.9. The standard InChI is InChI=1S/C24H27NO13/c1-32-7-9-34-14-36-18-11-21(37-15-35-10-8-33-2)23(19(26)13-20(27)24(28)29)22(12-18)38-17-5-3-16(4-6-17)25(30)31/h3-6,11-12H,7-10,13-15H2,1-2H3,(H,28,29). The number of hydrogen-bond acceptors (Lipinski definition) is 12. The summed E-state index contributed by atoms with van der Waals surface area (Å²) in [5.74, 6) is -4.10. The summed E-state index contributed by atoms with van der Waals surface area (Å²) in [6.07, 6.45) is -0.979. The number of ether oxygens (including phenoxy) is 7. The molecule has 0 saturated heterocycles. The van der Waals surface area contributed by atoms with Gasteiger partial charge in [0.2, 0.25) is 5.78 Å². The third-order valence-electron chi connectivity index (χ3n) is 4.62. The van der Waals surface area contributed by atoms with Gasteiger partial charge >= 0.3 is 5.97 Å². The Morgan fingerprint density at radius 2 is 1.42 bits per heavy atom. The number of carbonyl (C=O) groups excluding carboxylic acids is 2. The topological polar surface area (TPSA) is 179 Å². The zero-order valence-electron chi connectivity index (χ0n) is 20.7. The van der Waals surface area contributed by atoms with Crippen LogP contribution in [0.4, 0.5) is 5.69 Å². The number of benzene rings is 2. The van der Waals surface area contributed by atoms with Crippen LogP contribution in [0, 0.1) is 10.1 Å². The fourth-order valence-corrected chi connectivity index (χ4v) is 2.81. The Balaban J connectivity index is 2.45. The van der Waals surface area contributed by atoms with E-state index < -0.39 is 28.9 Å². The Morgan fingerprint density at radius 1 is 0.842 bits per heavy atom. The number of carbonyl (C=O) groups is 3. The average Bonchev–Trinajstić information content (AvgIpc) is 2.88. The van der Waals surface area contributed by atoms with E-state index in [0.29, 0.717) is 6.61 Å². The van der Waals surface area contributed by atoms with Gasteiger partial charge in [0.1, 0.15) is 28.6 Å². The summed E-state index contributed by atoms with van der Waals surface area (Å²) in [6, 6.07) is 7.60. The van der Waals surface area contributed by atoms with Gasteiger partial charge in [-0.15, -0.1) is 0 Å². The lowest BCUT2D eigenvalue weighted by Crippen LogP contribution is -2.19. The Labute approximate surface area is 217 Å². The van der Waals surface area contributed by atoms with Crippen LogP contribution in [0.2, 0.25) is 0 Å². The fraction of sp³-hybridized carbons (Fsp3) is 0.375. The number of carboxylic acid groups (broad SMARTS) is 1. The predicted octanol–water partition coefficient (Wildman–Crippen LogP) is 2.61. The molecule has 0 aliphatic carbocycles. The van der Waals surface area contributed by atoms with Gasteiger partial charge in [0, 0.05) is 38.5 Å². The highest BCUT2D eigenvalue weighted by Gasteiger charge is 2.26. The van der Waals surface area contributed by atoms with E-state index in [4.69, 9.17) is 38.3 Å². The molecule has 0 heterocycles. The molecular formula is C24H27NO13. The molecule has 2 aromatic carbocycles. The number of nitro groups is 1. The average molecular weight is 537 g/mol. The van der Waals surface area contributed by atoms with Crippen LogP contribution < -0.4 is 14.2 Å². The lowest BCUT2D eigenvalue weighted by Gasteiger charge is -2.18. The van der Waals surface area contributed by atoms with Crippen molar-refractivity contribution in [3.05, 3.63) is 52.1 Å². The van der Waals surface area contributed by atoms with Crippen LogP contribution in [0.3, 0.4) is 0 Å². The normalized spacial score (nSPS) is 10.6. The molecule has 206 valence electrons. The maximum Gasteiger partial charge on any atom is 0.372 e. The minimum Gasteiger partial charge on any atom is -0.475 e. The summed E-state index contributed by atoms with van der Waals surface area (Å²) in [5, 5.41) is 19.9. The molecule has 0 aliphatic rings. The van der Waals surface area contributed by atoms with Crippen LogP contribution in [0.5, 0.6) is 23.0 Å². The van der Waals surface area contributed by atoms with Crippen LogP contribution >= 0.6 is 0 Å². The molecule has 0 aromatic heterocycles. The maximum atomic E-state index is 13.0. The first-order chi connectivity index (χ1) is 18.3. The van der Waals surface area contributed by atoms with Crippen LogP contribution in [-0.4, -0.2) is 81.8 Å². The molecule has 0 amide bonds. The van der Waals surface area contributed by atoms with Crippen molar-refractivity contribution in [2.75, 3.05) is 54.2 Å². The van der Waals surface area contributed by atoms with Gasteiger partial charge in [-0.1, -0.05) is 0 Å². The first-order valence-electron chi connectivity index (χ1n) is 11.1. The number of non-ortho nitro benzene ring substituents is 1. The molecule has 14 heteroatoms. The molecule has 0 aliphatic heterocycles. The number of aliphatic carboxylic acids is 1. The molecule has 0 saturated carbocycles. The number of hydrogen-bond donors (Lipinski definition) is 1. The fourth-order valence-electron chi connectivity index (χ4n) is 2.81. The van der Waals surface area contributed by atoms with Crippen molar-refractivity contribution in [1.82, 2.24) is 0 Å². The van der Waals surface area contributed by atoms with Crippen molar-refractivity contribution in [2.45, 2.75) is 6.42 Å². The highest BCUT2D eigenvalue weighted by Crippen LogP contribution is 2.38. The molecule has 2 aromatic rings. The van der Waals surface area contributed by atoms with Gasteiger partial charge in [0.05, 0.1) is 37.8 Å². The molecule has 0 spiro atoms. The lowest BCUT2D eigenvalue weighted by atomic mass is 10.0. The Morgan fingerprint density at radius 3 is 1.97 bits per heavy atom. The SMILES string of the molecule is COCCOCOc1cc(OCOCCOC)c(C(=O)CC(=O)C(=O)O)c(Oc2ccc([N+](=O)[O-])cc2)c1. The molecule has 0 radical (unpaired) electrons. The molecule has 2 rings (SSSR count). The molecule has 0 bridgehead atoms. The minimum absolute atomic E-state index is 0.102. The molecule has 14 nitrogen and oxygen atoms in total. The van der Waals surface area contributed by atoms with E-state index in [9.17, 15) is 24.5 Å². The molecular weight excluding hydrogens is 510 g/mol. The lowest BCUT2D eigenvalue weighted by molar-refractivity contribution is -0.384. The second-order valence-corrected chi connectivity index (χ2v) is 7.30. The van der Waals surface area contributed by atoms with E-state index in [-0.39, 0.29) is 67.7 Å².